The molecule has 0 aromatic heterocycles. The van der Waals surface area contributed by atoms with Gasteiger partial charge < -0.3 is 4.74 Å². The van der Waals surface area contributed by atoms with E-state index in [0.29, 0.717) is 0 Å². The molecule has 1 aromatic rings. The molecule has 0 amide bonds. The highest BCUT2D eigenvalue weighted by molar-refractivity contribution is 6.30. The summed E-state index contributed by atoms with van der Waals surface area (Å²) in [7, 11) is 1.15. The number of ether oxygens (including phenoxy) is 1. The van der Waals surface area contributed by atoms with Crippen molar-refractivity contribution in [2.24, 2.45) is 0 Å². The van der Waals surface area contributed by atoms with E-state index in [1.165, 1.54) is 12.1 Å². The van der Waals surface area contributed by atoms with Crippen LogP contribution in [0.25, 0.3) is 5.76 Å². The van der Waals surface area contributed by atoms with Crippen LogP contribution in [0.2, 0.25) is 5.02 Å². The summed E-state index contributed by atoms with van der Waals surface area (Å²) in [5.41, 5.74) is -0.777. The van der Waals surface area contributed by atoms with Gasteiger partial charge in [-0.05, 0) is 12.1 Å². The van der Waals surface area contributed by atoms with Gasteiger partial charge in [0.05, 0.1) is 17.7 Å². The molecule has 0 saturated heterocycles. The van der Waals surface area contributed by atoms with Gasteiger partial charge in [0, 0.05) is 0 Å². The van der Waals surface area contributed by atoms with Crippen LogP contribution in [0, 0.1) is 34.3 Å². The third-order valence-corrected chi connectivity index (χ3v) is 2.23. The summed E-state index contributed by atoms with van der Waals surface area (Å²) >= 11 is 5.38. The lowest BCUT2D eigenvalue weighted by Gasteiger charge is -2.08. The fourth-order valence-corrected chi connectivity index (χ4v) is 1.32. The highest BCUT2D eigenvalue weighted by atomic mass is 35.5. The van der Waals surface area contributed by atoms with Crippen LogP contribution in [-0.2, 0) is 4.74 Å². The summed E-state index contributed by atoms with van der Waals surface area (Å²) in [6, 6.07) is 5.31. The van der Waals surface area contributed by atoms with Crippen LogP contribution in [0.5, 0.6) is 0 Å². The molecule has 0 bridgehead atoms. The molecule has 0 aliphatic heterocycles. The topological polar surface area (TPSA) is 56.8 Å². The van der Waals surface area contributed by atoms with Crippen molar-refractivity contribution in [1.82, 2.24) is 0 Å². The zero-order valence-electron chi connectivity index (χ0n) is 8.59. The largest absolute Gasteiger partial charge is 0.494 e. The van der Waals surface area contributed by atoms with Crippen molar-refractivity contribution in [1.29, 1.82) is 10.5 Å². The van der Waals surface area contributed by atoms with Gasteiger partial charge in [-0.15, -0.1) is 0 Å². The molecular weight excluding hydrogens is 250 g/mol. The minimum absolute atomic E-state index is 0.326. The Hall–Kier alpha value is -2.11. The normalized spacial score (nSPS) is 9.06. The predicted octanol–water partition coefficient (Wildman–Crippen LogP) is 3.02. The van der Waals surface area contributed by atoms with Gasteiger partial charge in [0.1, 0.15) is 12.1 Å². The van der Waals surface area contributed by atoms with E-state index < -0.39 is 22.2 Å². The van der Waals surface area contributed by atoms with E-state index in [4.69, 9.17) is 26.9 Å². The van der Waals surface area contributed by atoms with Crippen molar-refractivity contribution in [3.63, 3.8) is 0 Å². The average Bonchev–Trinajstić information content (AvgIpc) is 2.34. The molecule has 0 N–H and O–H groups in total. The Bertz CT molecular complexity index is 554. The van der Waals surface area contributed by atoms with Crippen molar-refractivity contribution >= 4 is 17.4 Å². The Morgan fingerprint density at radius 2 is 1.82 bits per heavy atom. The van der Waals surface area contributed by atoms with Crippen LogP contribution in [0.1, 0.15) is 5.56 Å². The number of halogens is 3. The number of nitrogens with zero attached hydrogens (tertiary/aromatic N) is 2. The molecule has 1 rings (SSSR count). The molecule has 0 atom stereocenters. The summed E-state index contributed by atoms with van der Waals surface area (Å²) in [5.74, 6) is -2.85. The lowest BCUT2D eigenvalue weighted by atomic mass is 10.1. The smallest absolute Gasteiger partial charge is 0.178 e. The Labute approximate surface area is 101 Å². The number of methoxy groups -OCH3 is 1. The molecule has 0 spiro atoms. The Balaban J connectivity index is 3.55. The predicted molar refractivity (Wildman–Crippen MR) is 56.5 cm³/mol. The molecule has 0 fully saturated rings. The Morgan fingerprint density at radius 3 is 2.29 bits per heavy atom. The van der Waals surface area contributed by atoms with E-state index in [2.05, 4.69) is 0 Å². The lowest BCUT2D eigenvalue weighted by molar-refractivity contribution is 0.364. The quantitative estimate of drug-likeness (QED) is 0.463. The third-order valence-electron chi connectivity index (χ3n) is 1.93. The van der Waals surface area contributed by atoms with E-state index in [1.807, 2.05) is 0 Å². The van der Waals surface area contributed by atoms with Crippen molar-refractivity contribution in [3.8, 4) is 12.1 Å². The number of rotatable bonds is 2. The van der Waals surface area contributed by atoms with Gasteiger partial charge in [0.25, 0.3) is 0 Å². The zero-order chi connectivity index (χ0) is 13.0. The second-order valence-corrected chi connectivity index (χ2v) is 3.26. The fourth-order valence-electron chi connectivity index (χ4n) is 1.17. The lowest BCUT2D eigenvalue weighted by Crippen LogP contribution is -1.99. The van der Waals surface area contributed by atoms with E-state index in [1.54, 1.807) is 0 Å². The SMILES string of the molecule is COC(=C(C#N)C#N)c1ccc(Cl)c(F)c1F. The standard InChI is InChI=1S/C11H5ClF2N2O/c1-17-11(6(4-15)5-16)7-2-3-8(12)10(14)9(7)13/h2-3H,1H3. The fraction of sp³-hybridized carbons (Fsp3) is 0.0909. The minimum Gasteiger partial charge on any atom is -0.494 e. The van der Waals surface area contributed by atoms with Crippen LogP contribution in [0.3, 0.4) is 0 Å². The van der Waals surface area contributed by atoms with E-state index >= 15 is 0 Å². The Kier molecular flexibility index (Phi) is 4.03. The number of benzene rings is 1. The maximum Gasteiger partial charge on any atom is 0.178 e. The summed E-state index contributed by atoms with van der Waals surface area (Å²) in [6.45, 7) is 0. The zero-order valence-corrected chi connectivity index (χ0v) is 9.35. The summed E-state index contributed by atoms with van der Waals surface area (Å²) < 4.78 is 31.5. The van der Waals surface area contributed by atoms with Crippen LogP contribution in [0.15, 0.2) is 17.7 Å². The van der Waals surface area contributed by atoms with E-state index in [0.717, 1.165) is 19.2 Å². The molecule has 0 radical (unpaired) electrons. The molecule has 0 heterocycles. The van der Waals surface area contributed by atoms with Crippen molar-refractivity contribution in [2.75, 3.05) is 7.11 Å². The maximum absolute atomic E-state index is 13.5. The third kappa shape index (κ3) is 2.35. The molecule has 0 unspecified atom stereocenters. The van der Waals surface area contributed by atoms with Gasteiger partial charge >= 0.3 is 0 Å². The first-order valence-corrected chi connectivity index (χ1v) is 4.67. The monoisotopic (exact) mass is 254 g/mol. The summed E-state index contributed by atoms with van der Waals surface area (Å²) in [6.07, 6.45) is 0. The summed E-state index contributed by atoms with van der Waals surface area (Å²) in [4.78, 5) is 0. The van der Waals surface area contributed by atoms with Gasteiger partial charge in [-0.2, -0.15) is 10.5 Å². The number of hydrogen-bond donors (Lipinski definition) is 0. The van der Waals surface area contributed by atoms with Gasteiger partial charge in [-0.25, -0.2) is 8.78 Å². The second-order valence-electron chi connectivity index (χ2n) is 2.85. The van der Waals surface area contributed by atoms with Crippen LogP contribution in [0.4, 0.5) is 8.78 Å². The summed E-state index contributed by atoms with van der Waals surface area (Å²) in [5, 5.41) is 16.9. The first-order chi connectivity index (χ1) is 8.06. The first kappa shape index (κ1) is 13.0. The van der Waals surface area contributed by atoms with Crippen molar-refractivity contribution in [3.05, 3.63) is 39.9 Å². The molecule has 0 saturated carbocycles. The number of nitriles is 2. The molecule has 0 aliphatic rings. The van der Waals surface area contributed by atoms with Gasteiger partial charge in [0.2, 0.25) is 0 Å². The highest BCUT2D eigenvalue weighted by Crippen LogP contribution is 2.27. The molecule has 86 valence electrons. The molecule has 6 heteroatoms. The Morgan fingerprint density at radius 1 is 1.24 bits per heavy atom. The van der Waals surface area contributed by atoms with Gasteiger partial charge in [0.15, 0.2) is 23.0 Å². The van der Waals surface area contributed by atoms with Crippen LogP contribution < -0.4 is 0 Å². The number of allylic oxidation sites excluding steroid dienone is 1. The van der Waals surface area contributed by atoms with Crippen LogP contribution >= 0.6 is 11.6 Å². The van der Waals surface area contributed by atoms with E-state index in [9.17, 15) is 8.78 Å². The molecular formula is C11H5ClF2N2O. The maximum atomic E-state index is 13.5. The average molecular weight is 255 g/mol. The van der Waals surface area contributed by atoms with Crippen molar-refractivity contribution in [2.45, 2.75) is 0 Å². The molecule has 3 nitrogen and oxygen atoms in total. The molecule has 17 heavy (non-hydrogen) atoms. The van der Waals surface area contributed by atoms with Gasteiger partial charge in [-0.1, -0.05) is 11.6 Å². The minimum atomic E-state index is -1.27. The van der Waals surface area contributed by atoms with Crippen LogP contribution in [-0.4, -0.2) is 7.11 Å². The van der Waals surface area contributed by atoms with E-state index in [-0.39, 0.29) is 11.3 Å². The number of hydrogen-bond acceptors (Lipinski definition) is 3. The molecule has 1 aromatic carbocycles. The molecule has 0 aliphatic carbocycles. The first-order valence-electron chi connectivity index (χ1n) is 4.29. The second kappa shape index (κ2) is 5.29. The highest BCUT2D eigenvalue weighted by Gasteiger charge is 2.19. The van der Waals surface area contributed by atoms with Crippen molar-refractivity contribution < 1.29 is 13.5 Å². The van der Waals surface area contributed by atoms with Gasteiger partial charge in [-0.3, -0.25) is 0 Å².